The minimum absolute atomic E-state index is 0.469. The smallest absolute Gasteiger partial charge is 0.229 e. The van der Waals surface area contributed by atoms with Gasteiger partial charge in [0.05, 0.1) is 35.0 Å². The van der Waals surface area contributed by atoms with Gasteiger partial charge in [0.2, 0.25) is 10.0 Å². The minimum atomic E-state index is -3.39. The molecule has 4 rings (SSSR count). The topological polar surface area (TPSA) is 75.9 Å². The number of nitrogens with one attached hydrogen (secondary N) is 1. The zero-order valence-corrected chi connectivity index (χ0v) is 18.8. The summed E-state index contributed by atoms with van der Waals surface area (Å²) in [6.45, 7) is 3.77. The first-order valence-corrected chi connectivity index (χ1v) is 12.2. The number of hydrogen-bond donors (Lipinski definition) is 1. The molecule has 0 bridgehead atoms. The van der Waals surface area contributed by atoms with Gasteiger partial charge in [0.25, 0.3) is 0 Å². The summed E-state index contributed by atoms with van der Waals surface area (Å²) >= 11 is 12.6. The SMILES string of the molecule is CS(=O)(=O)Nc1ccc2nc(-c3ccc(Cl)cc3Cl)c(CN3CCCOCC3)n2c1. The molecule has 0 saturated carbocycles. The van der Waals surface area contributed by atoms with E-state index in [9.17, 15) is 8.42 Å². The second-order valence-electron chi connectivity index (χ2n) is 7.29. The number of hydrogen-bond acceptors (Lipinski definition) is 5. The number of benzene rings is 1. The predicted molar refractivity (Wildman–Crippen MR) is 120 cm³/mol. The summed E-state index contributed by atoms with van der Waals surface area (Å²) in [7, 11) is -3.39. The standard InChI is InChI=1S/C20H22Cl2N4O3S/c1-30(27,28)24-15-4-6-19-23-20(16-5-3-14(21)11-17(16)22)18(26(19)12-15)13-25-7-2-9-29-10-8-25/h3-6,11-12,24H,2,7-10,13H2,1H3. The Hall–Kier alpha value is -1.84. The van der Waals surface area contributed by atoms with Crippen LogP contribution in [0.5, 0.6) is 0 Å². The highest BCUT2D eigenvalue weighted by Crippen LogP contribution is 2.33. The molecule has 0 spiro atoms. The molecule has 0 radical (unpaired) electrons. The van der Waals surface area contributed by atoms with Crippen LogP contribution in [0.25, 0.3) is 16.9 Å². The summed E-state index contributed by atoms with van der Waals surface area (Å²) in [5.74, 6) is 0. The van der Waals surface area contributed by atoms with Crippen LogP contribution in [0.15, 0.2) is 36.5 Å². The molecule has 2 aromatic heterocycles. The molecule has 1 N–H and O–H groups in total. The lowest BCUT2D eigenvalue weighted by atomic mass is 10.1. The van der Waals surface area contributed by atoms with Gasteiger partial charge in [0, 0.05) is 43.0 Å². The molecule has 30 heavy (non-hydrogen) atoms. The van der Waals surface area contributed by atoms with Crippen molar-refractivity contribution in [3.05, 3.63) is 52.3 Å². The first-order chi connectivity index (χ1) is 14.3. The highest BCUT2D eigenvalue weighted by molar-refractivity contribution is 7.92. The highest BCUT2D eigenvalue weighted by Gasteiger charge is 2.20. The van der Waals surface area contributed by atoms with Crippen molar-refractivity contribution in [3.63, 3.8) is 0 Å². The fourth-order valence-electron chi connectivity index (χ4n) is 3.58. The molecule has 1 fully saturated rings. The molecule has 0 amide bonds. The van der Waals surface area contributed by atoms with Crippen molar-refractivity contribution in [3.8, 4) is 11.3 Å². The Bertz CT molecular complexity index is 1170. The zero-order chi connectivity index (χ0) is 21.3. The van der Waals surface area contributed by atoms with Crippen LogP contribution in [0.3, 0.4) is 0 Å². The van der Waals surface area contributed by atoms with Crippen LogP contribution in [-0.4, -0.2) is 55.3 Å². The monoisotopic (exact) mass is 468 g/mol. The highest BCUT2D eigenvalue weighted by atomic mass is 35.5. The molecule has 10 heteroatoms. The molecule has 1 aromatic carbocycles. The first kappa shape index (κ1) is 21.4. The lowest BCUT2D eigenvalue weighted by Gasteiger charge is -2.20. The van der Waals surface area contributed by atoms with Gasteiger partial charge in [-0.15, -0.1) is 0 Å². The second kappa shape index (κ2) is 8.72. The van der Waals surface area contributed by atoms with E-state index in [0.717, 1.165) is 49.3 Å². The Morgan fingerprint density at radius 1 is 1.17 bits per heavy atom. The Morgan fingerprint density at radius 2 is 2.00 bits per heavy atom. The van der Waals surface area contributed by atoms with Gasteiger partial charge < -0.3 is 4.74 Å². The summed E-state index contributed by atoms with van der Waals surface area (Å²) < 4.78 is 33.4. The van der Waals surface area contributed by atoms with Gasteiger partial charge in [-0.3, -0.25) is 14.0 Å². The minimum Gasteiger partial charge on any atom is -0.380 e. The van der Waals surface area contributed by atoms with Crippen LogP contribution in [0.2, 0.25) is 10.0 Å². The molecule has 160 valence electrons. The molecule has 1 aliphatic heterocycles. The van der Waals surface area contributed by atoms with E-state index in [1.165, 1.54) is 0 Å². The van der Waals surface area contributed by atoms with E-state index >= 15 is 0 Å². The second-order valence-corrected chi connectivity index (χ2v) is 9.89. The average molecular weight is 469 g/mol. The van der Waals surface area contributed by atoms with E-state index in [1.807, 2.05) is 10.5 Å². The Morgan fingerprint density at radius 3 is 2.77 bits per heavy atom. The largest absolute Gasteiger partial charge is 0.380 e. The van der Waals surface area contributed by atoms with Crippen molar-refractivity contribution in [2.24, 2.45) is 0 Å². The first-order valence-electron chi connectivity index (χ1n) is 9.54. The van der Waals surface area contributed by atoms with Crippen molar-refractivity contribution in [2.75, 3.05) is 37.3 Å². The number of fused-ring (bicyclic) bond motifs is 1. The average Bonchev–Trinajstić information content (AvgIpc) is 2.83. The normalized spacial score (nSPS) is 16.0. The quantitative estimate of drug-likeness (QED) is 0.614. The van der Waals surface area contributed by atoms with Gasteiger partial charge in [0.15, 0.2) is 0 Å². The van der Waals surface area contributed by atoms with Gasteiger partial charge in [-0.2, -0.15) is 0 Å². The van der Waals surface area contributed by atoms with Crippen molar-refractivity contribution < 1.29 is 13.2 Å². The Labute approximate surface area is 185 Å². The van der Waals surface area contributed by atoms with E-state index in [0.29, 0.717) is 34.5 Å². The number of halogens is 2. The van der Waals surface area contributed by atoms with Crippen molar-refractivity contribution in [1.29, 1.82) is 0 Å². The molecule has 0 unspecified atom stereocenters. The van der Waals surface area contributed by atoms with Crippen LogP contribution < -0.4 is 4.72 Å². The molecule has 0 aliphatic carbocycles. The number of nitrogens with zero attached hydrogens (tertiary/aromatic N) is 3. The van der Waals surface area contributed by atoms with Crippen LogP contribution >= 0.6 is 23.2 Å². The van der Waals surface area contributed by atoms with E-state index in [4.69, 9.17) is 32.9 Å². The number of ether oxygens (including phenoxy) is 1. The van der Waals surface area contributed by atoms with Crippen LogP contribution in [-0.2, 0) is 21.3 Å². The summed E-state index contributed by atoms with van der Waals surface area (Å²) in [5.41, 5.74) is 3.63. The van der Waals surface area contributed by atoms with E-state index < -0.39 is 10.0 Å². The lowest BCUT2D eigenvalue weighted by molar-refractivity contribution is 0.140. The third-order valence-electron chi connectivity index (χ3n) is 4.90. The molecular formula is C20H22Cl2N4O3S. The predicted octanol–water partition coefficient (Wildman–Crippen LogP) is 3.90. The summed E-state index contributed by atoms with van der Waals surface area (Å²) in [5, 5.41) is 1.07. The van der Waals surface area contributed by atoms with Gasteiger partial charge in [0.1, 0.15) is 5.65 Å². The fraction of sp³-hybridized carbons (Fsp3) is 0.350. The number of sulfonamides is 1. The fourth-order valence-corrected chi connectivity index (χ4v) is 4.63. The van der Waals surface area contributed by atoms with Gasteiger partial charge in [-0.25, -0.2) is 13.4 Å². The van der Waals surface area contributed by atoms with Gasteiger partial charge in [-0.05, 0) is 36.8 Å². The molecule has 1 saturated heterocycles. The summed E-state index contributed by atoms with van der Waals surface area (Å²) in [6, 6.07) is 8.82. The van der Waals surface area contributed by atoms with E-state index in [1.54, 1.807) is 30.5 Å². The maximum Gasteiger partial charge on any atom is 0.229 e. The Balaban J connectivity index is 1.84. The van der Waals surface area contributed by atoms with Gasteiger partial charge >= 0.3 is 0 Å². The summed E-state index contributed by atoms with van der Waals surface area (Å²) in [6.07, 6.45) is 3.83. The number of anilines is 1. The van der Waals surface area contributed by atoms with E-state index in [2.05, 4.69) is 9.62 Å². The van der Waals surface area contributed by atoms with Crippen LogP contribution in [0.4, 0.5) is 5.69 Å². The van der Waals surface area contributed by atoms with E-state index in [-0.39, 0.29) is 0 Å². The van der Waals surface area contributed by atoms with Crippen LogP contribution in [0, 0.1) is 0 Å². The van der Waals surface area contributed by atoms with Gasteiger partial charge in [-0.1, -0.05) is 23.2 Å². The van der Waals surface area contributed by atoms with Crippen molar-refractivity contribution >= 4 is 44.6 Å². The Kier molecular flexibility index (Phi) is 6.22. The zero-order valence-electron chi connectivity index (χ0n) is 16.4. The molecule has 3 aromatic rings. The maximum absolute atomic E-state index is 11.7. The summed E-state index contributed by atoms with van der Waals surface area (Å²) in [4.78, 5) is 7.11. The number of imidazole rings is 1. The third kappa shape index (κ3) is 4.90. The molecule has 0 atom stereocenters. The van der Waals surface area contributed by atoms with Crippen LogP contribution in [0.1, 0.15) is 12.1 Å². The molecule has 3 heterocycles. The number of rotatable bonds is 5. The molecular weight excluding hydrogens is 447 g/mol. The lowest BCUT2D eigenvalue weighted by Crippen LogP contribution is -2.26. The van der Waals surface area contributed by atoms with Crippen molar-refractivity contribution in [2.45, 2.75) is 13.0 Å². The number of aromatic nitrogens is 2. The molecule has 7 nitrogen and oxygen atoms in total. The van der Waals surface area contributed by atoms with Crippen molar-refractivity contribution in [1.82, 2.24) is 14.3 Å². The maximum atomic E-state index is 11.7. The number of pyridine rings is 1. The molecule has 1 aliphatic rings. The third-order valence-corrected chi connectivity index (χ3v) is 6.05.